The summed E-state index contributed by atoms with van der Waals surface area (Å²) >= 11 is 0. The Morgan fingerprint density at radius 2 is 2.04 bits per heavy atom. The molecule has 0 bridgehead atoms. The average Bonchev–Trinajstić information content (AvgIpc) is 2.82. The van der Waals surface area contributed by atoms with Crippen molar-refractivity contribution in [3.05, 3.63) is 23.8 Å². The van der Waals surface area contributed by atoms with E-state index in [-0.39, 0.29) is 12.6 Å². The number of rotatable bonds is 4. The summed E-state index contributed by atoms with van der Waals surface area (Å²) < 4.78 is 47.5. The van der Waals surface area contributed by atoms with Crippen LogP contribution in [0.2, 0.25) is 0 Å². The molecule has 0 aromatic heterocycles. The molecule has 1 aliphatic rings. The number of benzene rings is 1. The normalized spacial score (nSPS) is 17.0. The zero-order valence-corrected chi connectivity index (χ0v) is 13.8. The Balaban J connectivity index is 1.85. The topological polar surface area (TPSA) is 59.6 Å². The molecule has 0 radical (unpaired) electrons. The predicted molar refractivity (Wildman–Crippen MR) is 83.3 cm³/mol. The minimum Gasteiger partial charge on any atom is -0.488 e. The van der Waals surface area contributed by atoms with E-state index in [1.165, 1.54) is 6.07 Å². The minimum absolute atomic E-state index is 0.259. The predicted octanol–water partition coefficient (Wildman–Crippen LogP) is 3.49. The van der Waals surface area contributed by atoms with Crippen molar-refractivity contribution >= 4 is 11.8 Å². The van der Waals surface area contributed by atoms with Crippen molar-refractivity contribution in [1.82, 2.24) is 5.32 Å². The van der Waals surface area contributed by atoms with Crippen LogP contribution in [0, 0.1) is 0 Å². The summed E-state index contributed by atoms with van der Waals surface area (Å²) in [6, 6.07) is 4.80. The molecule has 8 heteroatoms. The summed E-state index contributed by atoms with van der Waals surface area (Å²) in [5.74, 6) is 0.614. The van der Waals surface area contributed by atoms with Gasteiger partial charge in [0.1, 0.15) is 24.0 Å². The highest BCUT2D eigenvalue weighted by molar-refractivity contribution is 5.67. The van der Waals surface area contributed by atoms with Gasteiger partial charge in [-0.3, -0.25) is 0 Å². The summed E-state index contributed by atoms with van der Waals surface area (Å²) in [7, 11) is 0. The largest absolute Gasteiger partial charge is 0.488 e. The first-order chi connectivity index (χ1) is 11.0. The van der Waals surface area contributed by atoms with E-state index >= 15 is 0 Å². The van der Waals surface area contributed by atoms with Gasteiger partial charge in [-0.15, -0.1) is 0 Å². The fourth-order valence-corrected chi connectivity index (χ4v) is 2.26. The smallest absolute Gasteiger partial charge is 0.407 e. The summed E-state index contributed by atoms with van der Waals surface area (Å²) in [6.45, 7) is 4.48. The van der Waals surface area contributed by atoms with Gasteiger partial charge >= 0.3 is 12.3 Å². The Bertz CT molecular complexity index is 597. The number of hydrogen-bond donors (Lipinski definition) is 2. The van der Waals surface area contributed by atoms with E-state index < -0.39 is 24.4 Å². The lowest BCUT2D eigenvalue weighted by Gasteiger charge is -2.20. The molecule has 0 aliphatic carbocycles. The maximum Gasteiger partial charge on any atom is 0.407 e. The monoisotopic (exact) mass is 346 g/mol. The number of carbonyl (C=O) groups excluding carboxylic acids is 1. The lowest BCUT2D eigenvalue weighted by Crippen LogP contribution is -2.38. The van der Waals surface area contributed by atoms with Gasteiger partial charge in [0.05, 0.1) is 6.54 Å². The molecule has 1 aliphatic heterocycles. The van der Waals surface area contributed by atoms with E-state index in [0.717, 1.165) is 5.56 Å². The van der Waals surface area contributed by atoms with E-state index in [9.17, 15) is 18.0 Å². The second kappa shape index (κ2) is 6.78. The van der Waals surface area contributed by atoms with Gasteiger partial charge in [0.15, 0.2) is 0 Å². The van der Waals surface area contributed by atoms with Crippen LogP contribution in [0.4, 0.5) is 23.7 Å². The molecular formula is C16H21F3N2O3. The van der Waals surface area contributed by atoms with Crippen molar-refractivity contribution in [2.75, 3.05) is 18.4 Å². The first-order valence-electron chi connectivity index (χ1n) is 7.59. The van der Waals surface area contributed by atoms with Gasteiger partial charge in [-0.1, -0.05) is 0 Å². The summed E-state index contributed by atoms with van der Waals surface area (Å²) in [6.07, 6.45) is -4.57. The lowest BCUT2D eigenvalue weighted by molar-refractivity contribution is -0.115. The molecular weight excluding hydrogens is 325 g/mol. The van der Waals surface area contributed by atoms with Crippen molar-refractivity contribution in [3.8, 4) is 5.75 Å². The van der Waals surface area contributed by atoms with E-state index in [1.54, 1.807) is 32.9 Å². The van der Waals surface area contributed by atoms with Crippen LogP contribution in [-0.2, 0) is 11.2 Å². The van der Waals surface area contributed by atoms with Crippen LogP contribution in [0.5, 0.6) is 5.75 Å². The van der Waals surface area contributed by atoms with Crippen molar-refractivity contribution < 1.29 is 27.4 Å². The van der Waals surface area contributed by atoms with Gasteiger partial charge in [0.25, 0.3) is 0 Å². The average molecular weight is 346 g/mol. The Morgan fingerprint density at radius 3 is 2.67 bits per heavy atom. The van der Waals surface area contributed by atoms with Crippen LogP contribution in [0.1, 0.15) is 26.3 Å². The number of hydrogen-bond acceptors (Lipinski definition) is 4. The standard InChI is InChI=1S/C16H21F3N2O3/c1-15(2,3)24-14(22)20-8-12-7-10-6-11(4-5-13(10)23-12)21-9-16(17,18)19/h4-6,12,21H,7-9H2,1-3H3,(H,20,22). The van der Waals surface area contributed by atoms with Gasteiger partial charge in [-0.25, -0.2) is 4.79 Å². The third-order valence-electron chi connectivity index (χ3n) is 3.17. The van der Waals surface area contributed by atoms with Crippen LogP contribution in [0.25, 0.3) is 0 Å². The van der Waals surface area contributed by atoms with Crippen molar-refractivity contribution in [2.45, 2.75) is 45.1 Å². The Hall–Kier alpha value is -2.12. The van der Waals surface area contributed by atoms with Crippen molar-refractivity contribution in [2.24, 2.45) is 0 Å². The number of nitrogens with one attached hydrogen (secondary N) is 2. The minimum atomic E-state index is -4.27. The Kier molecular flexibility index (Phi) is 5.15. The molecule has 1 amide bonds. The van der Waals surface area contributed by atoms with Crippen LogP contribution in [0.3, 0.4) is 0 Å². The van der Waals surface area contributed by atoms with Crippen molar-refractivity contribution in [3.63, 3.8) is 0 Å². The molecule has 24 heavy (non-hydrogen) atoms. The van der Waals surface area contributed by atoms with E-state index in [0.29, 0.717) is 17.9 Å². The molecule has 0 saturated carbocycles. The molecule has 1 atom stereocenters. The Labute approximate surface area is 138 Å². The summed E-state index contributed by atoms with van der Waals surface area (Å²) in [4.78, 5) is 11.6. The van der Waals surface area contributed by atoms with Crippen molar-refractivity contribution in [1.29, 1.82) is 0 Å². The quantitative estimate of drug-likeness (QED) is 0.876. The third-order valence-corrected chi connectivity index (χ3v) is 3.17. The molecule has 1 aromatic rings. The second-order valence-corrected chi connectivity index (χ2v) is 6.62. The number of ether oxygens (including phenoxy) is 2. The summed E-state index contributed by atoms with van der Waals surface area (Å²) in [5.41, 5.74) is 0.608. The van der Waals surface area contributed by atoms with Gasteiger partial charge in [0, 0.05) is 12.1 Å². The van der Waals surface area contributed by atoms with Crippen LogP contribution in [0.15, 0.2) is 18.2 Å². The number of alkyl halides is 3. The molecule has 0 saturated heterocycles. The molecule has 2 rings (SSSR count). The number of halogens is 3. The van der Waals surface area contributed by atoms with E-state index in [1.807, 2.05) is 0 Å². The number of carbonyl (C=O) groups is 1. The highest BCUT2D eigenvalue weighted by atomic mass is 19.4. The highest BCUT2D eigenvalue weighted by Crippen LogP contribution is 2.31. The molecule has 0 spiro atoms. The maximum atomic E-state index is 12.2. The van der Waals surface area contributed by atoms with Crippen LogP contribution < -0.4 is 15.4 Å². The second-order valence-electron chi connectivity index (χ2n) is 6.62. The first kappa shape index (κ1) is 18.2. The number of alkyl carbamates (subject to hydrolysis) is 1. The highest BCUT2D eigenvalue weighted by Gasteiger charge is 2.28. The number of amides is 1. The number of anilines is 1. The molecule has 1 heterocycles. The SMILES string of the molecule is CC(C)(C)OC(=O)NCC1Cc2cc(NCC(F)(F)F)ccc2O1. The molecule has 2 N–H and O–H groups in total. The lowest BCUT2D eigenvalue weighted by atomic mass is 10.1. The van der Waals surface area contributed by atoms with Gasteiger partial charge in [-0.2, -0.15) is 13.2 Å². The molecule has 0 fully saturated rings. The van der Waals surface area contributed by atoms with E-state index in [2.05, 4.69) is 10.6 Å². The number of fused-ring (bicyclic) bond motifs is 1. The van der Waals surface area contributed by atoms with E-state index in [4.69, 9.17) is 9.47 Å². The molecule has 5 nitrogen and oxygen atoms in total. The zero-order valence-electron chi connectivity index (χ0n) is 13.8. The molecule has 1 aromatic carbocycles. The van der Waals surface area contributed by atoms with Gasteiger partial charge in [0.2, 0.25) is 0 Å². The zero-order chi connectivity index (χ0) is 18.0. The fraction of sp³-hybridized carbons (Fsp3) is 0.562. The molecule has 134 valence electrons. The van der Waals surface area contributed by atoms with Crippen LogP contribution in [-0.4, -0.2) is 37.1 Å². The first-order valence-corrected chi connectivity index (χ1v) is 7.59. The third kappa shape index (κ3) is 5.82. The Morgan fingerprint density at radius 1 is 1.33 bits per heavy atom. The molecule has 1 unspecified atom stereocenters. The van der Waals surface area contributed by atoms with Gasteiger partial charge in [-0.05, 0) is 44.5 Å². The van der Waals surface area contributed by atoms with Crippen LogP contribution >= 0.6 is 0 Å². The van der Waals surface area contributed by atoms with Gasteiger partial charge < -0.3 is 20.1 Å². The maximum absolute atomic E-state index is 12.2. The summed E-state index contributed by atoms with van der Waals surface area (Å²) in [5, 5.41) is 4.96. The fourth-order valence-electron chi connectivity index (χ4n) is 2.26.